The van der Waals surface area contributed by atoms with Crippen LogP contribution < -0.4 is 10.1 Å². The molecule has 102 valence electrons. The maximum absolute atomic E-state index is 10.1. The molecule has 0 saturated carbocycles. The van der Waals surface area contributed by atoms with Crippen LogP contribution in [0.5, 0.6) is 5.75 Å². The monoisotopic (exact) mass is 251 g/mol. The minimum Gasteiger partial charge on any atom is -0.491 e. The van der Waals surface area contributed by atoms with Gasteiger partial charge in [0.05, 0.1) is 0 Å². The van der Waals surface area contributed by atoms with Crippen LogP contribution in [0.3, 0.4) is 0 Å². The van der Waals surface area contributed by atoms with E-state index in [1.807, 2.05) is 19.1 Å². The minimum atomic E-state index is -0.841. The first kappa shape index (κ1) is 15.0. The van der Waals surface area contributed by atoms with E-state index in [1.54, 1.807) is 6.92 Å². The SMILES string of the molecule is CCNCC(C)(O)COc1ccc(C(C)C)cc1. The average molecular weight is 251 g/mol. The summed E-state index contributed by atoms with van der Waals surface area (Å²) in [5.41, 5.74) is 0.453. The molecule has 1 atom stereocenters. The Balaban J connectivity index is 2.48. The van der Waals surface area contributed by atoms with Crippen LogP contribution in [0.25, 0.3) is 0 Å². The standard InChI is InChI=1S/C15H25NO2/c1-5-16-10-15(4,17)11-18-14-8-6-13(7-9-14)12(2)3/h6-9,12,16-17H,5,10-11H2,1-4H3. The fraction of sp³-hybridized carbons (Fsp3) is 0.600. The van der Waals surface area contributed by atoms with Gasteiger partial charge in [0.1, 0.15) is 18.0 Å². The zero-order valence-corrected chi connectivity index (χ0v) is 11.9. The number of aliphatic hydroxyl groups is 1. The zero-order chi connectivity index (χ0) is 13.6. The van der Waals surface area contributed by atoms with Crippen molar-refractivity contribution in [2.24, 2.45) is 0 Å². The Morgan fingerprint density at radius 2 is 1.89 bits per heavy atom. The van der Waals surface area contributed by atoms with Crippen LogP contribution in [-0.4, -0.2) is 30.4 Å². The van der Waals surface area contributed by atoms with Crippen molar-refractivity contribution in [1.29, 1.82) is 0 Å². The van der Waals surface area contributed by atoms with Crippen molar-refractivity contribution in [3.8, 4) is 5.75 Å². The highest BCUT2D eigenvalue weighted by molar-refractivity contribution is 5.28. The summed E-state index contributed by atoms with van der Waals surface area (Å²) >= 11 is 0. The van der Waals surface area contributed by atoms with E-state index in [4.69, 9.17) is 4.74 Å². The van der Waals surface area contributed by atoms with Crippen LogP contribution in [0.1, 0.15) is 39.2 Å². The van der Waals surface area contributed by atoms with Gasteiger partial charge in [-0.25, -0.2) is 0 Å². The number of likely N-dealkylation sites (N-methyl/N-ethyl adjacent to an activating group) is 1. The van der Waals surface area contributed by atoms with Crippen LogP contribution in [0.4, 0.5) is 0 Å². The Hall–Kier alpha value is -1.06. The predicted molar refractivity (Wildman–Crippen MR) is 75.2 cm³/mol. The lowest BCUT2D eigenvalue weighted by atomic mass is 10.0. The number of nitrogens with one attached hydrogen (secondary N) is 1. The number of hydrogen-bond acceptors (Lipinski definition) is 3. The fourth-order valence-electron chi connectivity index (χ4n) is 1.63. The third-order valence-corrected chi connectivity index (χ3v) is 2.85. The van der Waals surface area contributed by atoms with Gasteiger partial charge in [-0.05, 0) is 37.1 Å². The molecule has 0 aliphatic rings. The Kier molecular flexibility index (Phi) is 5.63. The summed E-state index contributed by atoms with van der Waals surface area (Å²) in [6.07, 6.45) is 0. The van der Waals surface area contributed by atoms with E-state index in [2.05, 4.69) is 31.3 Å². The molecule has 3 heteroatoms. The van der Waals surface area contributed by atoms with Crippen molar-refractivity contribution in [3.05, 3.63) is 29.8 Å². The first-order chi connectivity index (χ1) is 8.44. The fourth-order valence-corrected chi connectivity index (χ4v) is 1.63. The van der Waals surface area contributed by atoms with Gasteiger partial charge in [-0.3, -0.25) is 0 Å². The van der Waals surface area contributed by atoms with Crippen LogP contribution in [0, 0.1) is 0 Å². The highest BCUT2D eigenvalue weighted by atomic mass is 16.5. The molecule has 0 bridgehead atoms. The maximum atomic E-state index is 10.1. The van der Waals surface area contributed by atoms with Crippen LogP contribution in [-0.2, 0) is 0 Å². The van der Waals surface area contributed by atoms with Crippen molar-refractivity contribution in [3.63, 3.8) is 0 Å². The van der Waals surface area contributed by atoms with E-state index in [1.165, 1.54) is 5.56 Å². The molecule has 0 amide bonds. The Bertz CT molecular complexity index is 344. The minimum absolute atomic E-state index is 0.293. The lowest BCUT2D eigenvalue weighted by molar-refractivity contribution is 0.0127. The summed E-state index contributed by atoms with van der Waals surface area (Å²) in [6.45, 7) is 9.79. The second kappa shape index (κ2) is 6.76. The highest BCUT2D eigenvalue weighted by Gasteiger charge is 2.20. The number of rotatable bonds is 7. The molecule has 2 N–H and O–H groups in total. The van der Waals surface area contributed by atoms with E-state index in [0.29, 0.717) is 19.1 Å². The summed E-state index contributed by atoms with van der Waals surface area (Å²) in [5.74, 6) is 1.33. The zero-order valence-electron chi connectivity index (χ0n) is 11.9. The van der Waals surface area contributed by atoms with E-state index < -0.39 is 5.60 Å². The van der Waals surface area contributed by atoms with E-state index in [-0.39, 0.29) is 0 Å². The maximum Gasteiger partial charge on any atom is 0.119 e. The molecule has 0 spiro atoms. The van der Waals surface area contributed by atoms with Crippen molar-refractivity contribution in [2.75, 3.05) is 19.7 Å². The smallest absolute Gasteiger partial charge is 0.119 e. The molecule has 3 nitrogen and oxygen atoms in total. The molecule has 1 unspecified atom stereocenters. The molecule has 0 aliphatic carbocycles. The van der Waals surface area contributed by atoms with Crippen molar-refractivity contribution in [2.45, 2.75) is 39.2 Å². The molecular weight excluding hydrogens is 226 g/mol. The normalized spacial score (nSPS) is 14.6. The van der Waals surface area contributed by atoms with E-state index in [9.17, 15) is 5.11 Å². The first-order valence-electron chi connectivity index (χ1n) is 6.60. The molecule has 18 heavy (non-hydrogen) atoms. The third-order valence-electron chi connectivity index (χ3n) is 2.85. The van der Waals surface area contributed by atoms with Crippen LogP contribution in [0.15, 0.2) is 24.3 Å². The number of ether oxygens (including phenoxy) is 1. The summed E-state index contributed by atoms with van der Waals surface area (Å²) < 4.78 is 5.61. The molecule has 1 aromatic carbocycles. The van der Waals surface area contributed by atoms with Gasteiger partial charge in [0.2, 0.25) is 0 Å². The average Bonchev–Trinajstić information content (AvgIpc) is 2.35. The van der Waals surface area contributed by atoms with Crippen molar-refractivity contribution in [1.82, 2.24) is 5.32 Å². The Morgan fingerprint density at radius 3 is 2.39 bits per heavy atom. The third kappa shape index (κ3) is 5.07. The molecule has 0 radical (unpaired) electrons. The molecular formula is C15H25NO2. The quantitative estimate of drug-likeness (QED) is 0.782. The molecule has 0 heterocycles. The van der Waals surface area contributed by atoms with Crippen molar-refractivity contribution < 1.29 is 9.84 Å². The van der Waals surface area contributed by atoms with Gasteiger partial charge in [0.25, 0.3) is 0 Å². The molecule has 1 aromatic rings. The van der Waals surface area contributed by atoms with E-state index in [0.717, 1.165) is 12.3 Å². The highest BCUT2D eigenvalue weighted by Crippen LogP contribution is 2.19. The summed E-state index contributed by atoms with van der Waals surface area (Å²) in [6, 6.07) is 8.05. The van der Waals surface area contributed by atoms with Gasteiger partial charge in [-0.1, -0.05) is 32.9 Å². The lowest BCUT2D eigenvalue weighted by Crippen LogP contribution is -2.42. The summed E-state index contributed by atoms with van der Waals surface area (Å²) in [4.78, 5) is 0. The number of benzene rings is 1. The van der Waals surface area contributed by atoms with Gasteiger partial charge in [-0.15, -0.1) is 0 Å². The van der Waals surface area contributed by atoms with Gasteiger partial charge < -0.3 is 15.2 Å². The Labute approximate surface area is 110 Å². The topological polar surface area (TPSA) is 41.5 Å². The largest absolute Gasteiger partial charge is 0.491 e. The molecule has 0 aliphatic heterocycles. The molecule has 0 aromatic heterocycles. The first-order valence-corrected chi connectivity index (χ1v) is 6.60. The van der Waals surface area contributed by atoms with Gasteiger partial charge in [0.15, 0.2) is 0 Å². The lowest BCUT2D eigenvalue weighted by Gasteiger charge is -2.23. The van der Waals surface area contributed by atoms with Crippen molar-refractivity contribution >= 4 is 0 Å². The van der Waals surface area contributed by atoms with Crippen LogP contribution in [0.2, 0.25) is 0 Å². The summed E-state index contributed by atoms with van der Waals surface area (Å²) in [5, 5.41) is 13.2. The van der Waals surface area contributed by atoms with Gasteiger partial charge in [-0.2, -0.15) is 0 Å². The predicted octanol–water partition coefficient (Wildman–Crippen LogP) is 2.55. The summed E-state index contributed by atoms with van der Waals surface area (Å²) in [7, 11) is 0. The Morgan fingerprint density at radius 1 is 1.28 bits per heavy atom. The molecule has 0 saturated heterocycles. The van der Waals surface area contributed by atoms with E-state index >= 15 is 0 Å². The molecule has 1 rings (SSSR count). The second-order valence-corrected chi connectivity index (χ2v) is 5.29. The molecule has 0 fully saturated rings. The van der Waals surface area contributed by atoms with Crippen LogP contribution >= 0.6 is 0 Å². The van der Waals surface area contributed by atoms with Gasteiger partial charge in [0, 0.05) is 6.54 Å². The number of hydrogen-bond donors (Lipinski definition) is 2. The van der Waals surface area contributed by atoms with Gasteiger partial charge >= 0.3 is 0 Å². The second-order valence-electron chi connectivity index (χ2n) is 5.29.